The first-order valence-electron chi connectivity index (χ1n) is 45.7. The van der Waals surface area contributed by atoms with Crippen LogP contribution in [0.1, 0.15) is 133 Å². The number of rotatable bonds is 9. The van der Waals surface area contributed by atoms with Gasteiger partial charge in [0.1, 0.15) is 0 Å². The third-order valence-electron chi connectivity index (χ3n) is 28.0. The molecule has 658 valence electrons. The molecule has 0 bridgehead atoms. The second-order valence-corrected chi connectivity index (χ2v) is 40.2. The monoisotopic (exact) mass is 1820 g/mol. The van der Waals surface area contributed by atoms with Crippen molar-refractivity contribution < 1.29 is 27.9 Å². The Labute approximate surface area is 794 Å². The number of hydrogen-bond acceptors (Lipinski definition) is 12. The minimum atomic E-state index is -0.476. The van der Waals surface area contributed by atoms with Gasteiger partial charge < -0.3 is 27.9 Å². The number of halogens is 2. The molecule has 5 aliphatic rings. The van der Waals surface area contributed by atoms with Crippen molar-refractivity contribution in [1.82, 2.24) is 29.9 Å². The highest BCUT2D eigenvalue weighted by molar-refractivity contribution is 9.10. The Morgan fingerprint density at radius 3 is 0.932 bits per heavy atom. The largest absolute Gasteiger partial charge is 0.494 e. The van der Waals surface area contributed by atoms with Gasteiger partial charge in [0.2, 0.25) is 0 Å². The van der Waals surface area contributed by atoms with Gasteiger partial charge in [0.25, 0.3) is 0 Å². The second kappa shape index (κ2) is 35.2. The molecule has 15 aromatic carbocycles. The van der Waals surface area contributed by atoms with Crippen LogP contribution in [0.2, 0.25) is 5.02 Å². The first kappa shape index (κ1) is 89.8. The van der Waals surface area contributed by atoms with E-state index in [2.05, 4.69) is 284 Å². The van der Waals surface area contributed by atoms with Crippen LogP contribution in [0.4, 0.5) is 0 Å². The van der Waals surface area contributed by atoms with Gasteiger partial charge in [-0.15, -0.1) is 0 Å². The molecule has 133 heavy (non-hydrogen) atoms. The summed E-state index contributed by atoms with van der Waals surface area (Å²) in [6.45, 7) is 33.8. The first-order chi connectivity index (χ1) is 63.7. The molecular weight excluding hydrogens is 1720 g/mol. The van der Waals surface area contributed by atoms with E-state index >= 15 is 0 Å². The molecule has 0 radical (unpaired) electrons. The highest BCUT2D eigenvalue weighted by Crippen LogP contribution is 2.57. The van der Waals surface area contributed by atoms with E-state index < -0.39 is 21.1 Å². The Hall–Kier alpha value is -12.4. The Bertz CT molecular complexity index is 7380. The quantitative estimate of drug-likeness (QED) is 0.127. The fourth-order valence-corrected chi connectivity index (χ4v) is 19.4. The third-order valence-corrected chi connectivity index (χ3v) is 29.0. The summed E-state index contributed by atoms with van der Waals surface area (Å²) in [4.78, 5) is 30.2. The molecule has 3 saturated heterocycles. The lowest BCUT2D eigenvalue weighted by molar-refractivity contribution is 0.00578. The Kier molecular flexibility index (Phi) is 23.7. The average Bonchev–Trinajstić information content (AvgIpc) is 1.55. The summed E-state index contributed by atoms with van der Waals surface area (Å²) in [5.41, 5.74) is 28.9. The molecule has 3 aromatic heterocycles. The molecule has 3 aliphatic heterocycles. The van der Waals surface area contributed by atoms with E-state index in [4.69, 9.17) is 69.4 Å². The lowest BCUT2D eigenvalue weighted by Crippen LogP contribution is -2.41. The van der Waals surface area contributed by atoms with E-state index in [1.165, 1.54) is 81.7 Å². The standard InChI is InChI=1S/C39H28N2.C26H25BN2O2.C20H13ClN2.C19H15Br.C12H24B2O4/c1-39(2)31-20-12-11-19-30(31)36-32(39)23-27-17-9-10-18-29(27)35(36)28-21-22-33-34(24-28)41-38(26-15-7-4-8-16-26)37(40-33)25-13-5-3-6-14-25;1-25(2)26(3,4)31-27(30-25)20-15-16-21-22(17-20)29-24(19-13-9-6-10-14-19)23(28-21)18-11-7-5-8-12-18;21-16-11-12-17-18(13-16)23-20(15-9-5-2-6-10-15)19(22-17)14-7-3-1-4-8-14;1-19(2)15-10-6-5-9-14(15)17-16(19)11-12-7-3-4-8-13(12)18(17)20;1-9(2)10(3,4)16-13(15-9)14-17-11(5,6)12(7,8)18-14/h3-24H,1-2H3;5-17H,1-4H3;1-13H;3-11H,1-2H3;1-8H3. The van der Waals surface area contributed by atoms with Crippen molar-refractivity contribution in [2.24, 2.45) is 0 Å². The molecular formula is C116H105B3BrClN6O6. The van der Waals surface area contributed by atoms with Crippen molar-refractivity contribution >= 4 is 109 Å². The molecule has 0 amide bonds. The Balaban J connectivity index is 0.000000111. The number of benzene rings is 15. The van der Waals surface area contributed by atoms with Gasteiger partial charge in [-0.1, -0.05) is 330 Å². The maximum absolute atomic E-state index is 6.24. The normalized spacial score (nSPS) is 16.6. The fourth-order valence-electron chi connectivity index (χ4n) is 18.5. The van der Waals surface area contributed by atoms with Gasteiger partial charge in [-0.25, -0.2) is 29.9 Å². The Morgan fingerprint density at radius 1 is 0.241 bits per heavy atom. The van der Waals surface area contributed by atoms with E-state index in [-0.39, 0.29) is 44.4 Å². The highest BCUT2D eigenvalue weighted by atomic mass is 79.9. The van der Waals surface area contributed by atoms with Crippen molar-refractivity contribution in [2.45, 2.75) is 155 Å². The van der Waals surface area contributed by atoms with Crippen LogP contribution in [0, 0.1) is 0 Å². The number of nitrogens with zero attached hydrogens (tertiary/aromatic N) is 6. The molecule has 23 rings (SSSR count). The summed E-state index contributed by atoms with van der Waals surface area (Å²) < 4.78 is 37.5. The molecule has 0 saturated carbocycles. The van der Waals surface area contributed by atoms with Crippen LogP contribution in [0.15, 0.2) is 350 Å². The van der Waals surface area contributed by atoms with Crippen LogP contribution in [0.5, 0.6) is 0 Å². The van der Waals surface area contributed by atoms with E-state index in [0.717, 1.165) is 106 Å². The predicted octanol–water partition coefficient (Wildman–Crippen LogP) is 29.1. The zero-order valence-electron chi connectivity index (χ0n) is 78.0. The maximum Gasteiger partial charge on any atom is 0.494 e. The Morgan fingerprint density at radius 2 is 0.534 bits per heavy atom. The molecule has 3 fully saturated rings. The molecule has 0 unspecified atom stereocenters. The minimum Gasteiger partial charge on any atom is -0.405 e. The minimum absolute atomic E-state index is 0.0679. The lowest BCUT2D eigenvalue weighted by Gasteiger charge is -2.32. The van der Waals surface area contributed by atoms with Crippen molar-refractivity contribution in [3.8, 4) is 101 Å². The van der Waals surface area contributed by atoms with Gasteiger partial charge in [0.15, 0.2) is 0 Å². The summed E-state index contributed by atoms with van der Waals surface area (Å²) in [5.74, 6) is 0. The topological polar surface area (TPSA) is 133 Å². The smallest absolute Gasteiger partial charge is 0.405 e. The van der Waals surface area contributed by atoms with Crippen LogP contribution in [-0.2, 0) is 38.8 Å². The van der Waals surface area contributed by atoms with E-state index in [1.807, 2.05) is 189 Å². The summed E-state index contributed by atoms with van der Waals surface area (Å²) >= 11 is 9.96. The first-order valence-corrected chi connectivity index (χ1v) is 46.9. The average molecular weight is 1830 g/mol. The fraction of sp³-hybridized carbons (Fsp3) is 0.207. The summed E-state index contributed by atoms with van der Waals surface area (Å²) in [6, 6.07) is 119. The van der Waals surface area contributed by atoms with Crippen LogP contribution < -0.4 is 5.46 Å². The lowest BCUT2D eigenvalue weighted by atomic mass is 9.49. The molecule has 0 atom stereocenters. The number of fused-ring (bicyclic) bond motifs is 11. The molecule has 2 aliphatic carbocycles. The number of hydrogen-bond donors (Lipinski definition) is 0. The van der Waals surface area contributed by atoms with Crippen molar-refractivity contribution in [2.75, 3.05) is 0 Å². The summed E-state index contributed by atoms with van der Waals surface area (Å²) in [7, 11) is -1.38. The molecule has 17 heteroatoms. The van der Waals surface area contributed by atoms with E-state index in [9.17, 15) is 0 Å². The number of aromatic nitrogens is 6. The van der Waals surface area contributed by atoms with E-state index in [1.54, 1.807) is 0 Å². The zero-order chi connectivity index (χ0) is 92.7. The van der Waals surface area contributed by atoms with Gasteiger partial charge in [-0.05, 0) is 231 Å². The third kappa shape index (κ3) is 17.0. The van der Waals surface area contributed by atoms with Crippen LogP contribution in [0.3, 0.4) is 0 Å². The summed E-state index contributed by atoms with van der Waals surface area (Å²) in [6.07, 6.45) is 0. The van der Waals surface area contributed by atoms with Crippen LogP contribution in [0.25, 0.3) is 156 Å². The molecule has 0 N–H and O–H groups in total. The maximum atomic E-state index is 6.24. The van der Waals surface area contributed by atoms with Crippen LogP contribution >= 0.6 is 27.5 Å². The second-order valence-electron chi connectivity index (χ2n) is 39.0. The molecule has 18 aromatic rings. The van der Waals surface area contributed by atoms with Gasteiger partial charge in [0.05, 0.1) is 101 Å². The molecule has 12 nitrogen and oxygen atoms in total. The summed E-state index contributed by atoms with van der Waals surface area (Å²) in [5, 5.41) is 5.78. The van der Waals surface area contributed by atoms with Crippen molar-refractivity contribution in [3.05, 3.63) is 378 Å². The zero-order valence-corrected chi connectivity index (χ0v) is 80.4. The van der Waals surface area contributed by atoms with Gasteiger partial charge in [0, 0.05) is 59.3 Å². The van der Waals surface area contributed by atoms with Crippen molar-refractivity contribution in [1.29, 1.82) is 0 Å². The van der Waals surface area contributed by atoms with Crippen molar-refractivity contribution in [3.63, 3.8) is 0 Å². The molecule has 0 spiro atoms. The van der Waals surface area contributed by atoms with Crippen LogP contribution in [-0.4, -0.2) is 84.6 Å². The van der Waals surface area contributed by atoms with Gasteiger partial charge in [-0.3, -0.25) is 0 Å². The molecule has 6 heterocycles. The van der Waals surface area contributed by atoms with Gasteiger partial charge in [-0.2, -0.15) is 0 Å². The SMILES string of the molecule is CC1(C)OB(B2OC(C)(C)C(C)(C)O2)OC1(C)C.CC1(C)OB(c2ccc3nc(-c4ccccc4)c(-c4ccccc4)nc3c2)OC1(C)C.CC1(C)c2ccccc2-c2c1cc1ccccc1c2-c1ccc2nc(-c3ccccc3)c(-c3ccccc3)nc2c1.CC1(C)c2ccccc2-c2c1cc1ccccc1c2Br.Clc1ccc2nc(-c3ccccc3)c(-c3ccccc3)nc2c1. The predicted molar refractivity (Wildman–Crippen MR) is 554 cm³/mol. The van der Waals surface area contributed by atoms with E-state index in [0.29, 0.717) is 5.02 Å². The van der Waals surface area contributed by atoms with Gasteiger partial charge >= 0.3 is 21.1 Å². The highest BCUT2D eigenvalue weighted by Gasteiger charge is 2.64.